The zero-order chi connectivity index (χ0) is 11.7. The van der Waals surface area contributed by atoms with E-state index in [0.717, 1.165) is 10.9 Å². The maximum absolute atomic E-state index is 11.8. The van der Waals surface area contributed by atoms with Gasteiger partial charge in [0.25, 0.3) is 5.56 Å². The van der Waals surface area contributed by atoms with Crippen LogP contribution in [0.2, 0.25) is 0 Å². The first-order valence-corrected chi connectivity index (χ1v) is 5.39. The van der Waals surface area contributed by atoms with Crippen LogP contribution >= 0.6 is 0 Å². The minimum Gasteiger partial charge on any atom is -0.391 e. The van der Waals surface area contributed by atoms with Gasteiger partial charge < -0.3 is 9.67 Å². The molecule has 1 aromatic heterocycles. The topological polar surface area (TPSA) is 42.2 Å². The second-order valence-electron chi connectivity index (χ2n) is 4.08. The Balaban J connectivity index is 2.75. The van der Waals surface area contributed by atoms with Gasteiger partial charge in [0.05, 0.1) is 17.7 Å². The maximum Gasteiger partial charge on any atom is 0.251 e. The molecular weight excluding hydrogens is 202 g/mol. The summed E-state index contributed by atoms with van der Waals surface area (Å²) in [6.45, 7) is 3.54. The van der Waals surface area contributed by atoms with Crippen molar-refractivity contribution in [2.75, 3.05) is 0 Å². The molecule has 0 aliphatic rings. The first-order valence-electron chi connectivity index (χ1n) is 5.39. The van der Waals surface area contributed by atoms with E-state index in [2.05, 4.69) is 0 Å². The first-order chi connectivity index (χ1) is 7.61. The SMILES string of the molecule is CC(O)C(C)n1c(=O)ccc2ccccc21. The summed E-state index contributed by atoms with van der Waals surface area (Å²) in [5, 5.41) is 10.6. The molecule has 0 saturated heterocycles. The molecule has 2 aromatic rings. The van der Waals surface area contributed by atoms with Crippen LogP contribution in [0, 0.1) is 0 Å². The summed E-state index contributed by atoms with van der Waals surface area (Å²) in [5.41, 5.74) is 0.788. The summed E-state index contributed by atoms with van der Waals surface area (Å²) in [6, 6.07) is 10.8. The zero-order valence-electron chi connectivity index (χ0n) is 9.42. The van der Waals surface area contributed by atoms with E-state index in [0.29, 0.717) is 0 Å². The normalized spacial score (nSPS) is 14.9. The number of aliphatic hydroxyl groups excluding tert-OH is 1. The fourth-order valence-electron chi connectivity index (χ4n) is 1.84. The Bertz CT molecular complexity index is 557. The van der Waals surface area contributed by atoms with Gasteiger partial charge in [0.15, 0.2) is 0 Å². The molecule has 84 valence electrons. The second-order valence-corrected chi connectivity index (χ2v) is 4.08. The third-order valence-corrected chi connectivity index (χ3v) is 2.94. The van der Waals surface area contributed by atoms with Crippen molar-refractivity contribution in [2.24, 2.45) is 0 Å². The molecule has 2 atom stereocenters. The third kappa shape index (κ3) is 1.74. The number of rotatable bonds is 2. The molecular formula is C13H15NO2. The van der Waals surface area contributed by atoms with Crippen molar-refractivity contribution < 1.29 is 5.11 Å². The van der Waals surface area contributed by atoms with E-state index in [4.69, 9.17) is 0 Å². The van der Waals surface area contributed by atoms with E-state index < -0.39 is 6.10 Å². The fourth-order valence-corrected chi connectivity index (χ4v) is 1.84. The predicted octanol–water partition coefficient (Wildman–Crippen LogP) is 1.94. The largest absolute Gasteiger partial charge is 0.391 e. The lowest BCUT2D eigenvalue weighted by Crippen LogP contribution is -2.28. The maximum atomic E-state index is 11.8. The molecule has 1 N–H and O–H groups in total. The van der Waals surface area contributed by atoms with Crippen LogP contribution in [0.3, 0.4) is 0 Å². The molecule has 2 unspecified atom stereocenters. The van der Waals surface area contributed by atoms with Gasteiger partial charge >= 0.3 is 0 Å². The number of pyridine rings is 1. The molecule has 3 heteroatoms. The van der Waals surface area contributed by atoms with Gasteiger partial charge in [0.1, 0.15) is 0 Å². The van der Waals surface area contributed by atoms with Crippen LogP contribution in [-0.2, 0) is 0 Å². The number of hydrogen-bond donors (Lipinski definition) is 1. The Morgan fingerprint density at radius 2 is 1.81 bits per heavy atom. The minimum absolute atomic E-state index is 0.0768. The van der Waals surface area contributed by atoms with E-state index in [1.807, 2.05) is 37.3 Å². The number of aliphatic hydroxyl groups is 1. The van der Waals surface area contributed by atoms with Gasteiger partial charge in [-0.3, -0.25) is 4.79 Å². The number of hydrogen-bond acceptors (Lipinski definition) is 2. The Morgan fingerprint density at radius 1 is 1.12 bits per heavy atom. The van der Waals surface area contributed by atoms with Crippen molar-refractivity contribution in [3.8, 4) is 0 Å². The minimum atomic E-state index is -0.552. The van der Waals surface area contributed by atoms with Crippen molar-refractivity contribution in [3.05, 3.63) is 46.8 Å². The van der Waals surface area contributed by atoms with Crippen LogP contribution in [0.1, 0.15) is 19.9 Å². The quantitative estimate of drug-likeness (QED) is 0.835. The van der Waals surface area contributed by atoms with Crippen molar-refractivity contribution in [1.82, 2.24) is 4.57 Å². The highest BCUT2D eigenvalue weighted by molar-refractivity contribution is 5.78. The summed E-state index contributed by atoms with van der Waals surface area (Å²) >= 11 is 0. The molecule has 0 bridgehead atoms. The van der Waals surface area contributed by atoms with Gasteiger partial charge in [0, 0.05) is 6.07 Å². The number of fused-ring (bicyclic) bond motifs is 1. The monoisotopic (exact) mass is 217 g/mol. The molecule has 0 amide bonds. The van der Waals surface area contributed by atoms with Crippen molar-refractivity contribution in [2.45, 2.75) is 26.0 Å². The predicted molar refractivity (Wildman–Crippen MR) is 64.6 cm³/mol. The van der Waals surface area contributed by atoms with E-state index in [1.165, 1.54) is 0 Å². The lowest BCUT2D eigenvalue weighted by atomic mass is 10.1. The van der Waals surface area contributed by atoms with Crippen molar-refractivity contribution in [3.63, 3.8) is 0 Å². The zero-order valence-corrected chi connectivity index (χ0v) is 9.42. The molecule has 0 aliphatic carbocycles. The number of aromatic nitrogens is 1. The van der Waals surface area contributed by atoms with E-state index in [-0.39, 0.29) is 11.6 Å². The molecule has 3 nitrogen and oxygen atoms in total. The Hall–Kier alpha value is -1.61. The van der Waals surface area contributed by atoms with Gasteiger partial charge in [-0.15, -0.1) is 0 Å². The number of para-hydroxylation sites is 1. The highest BCUT2D eigenvalue weighted by Crippen LogP contribution is 2.17. The van der Waals surface area contributed by atoms with Gasteiger partial charge in [-0.05, 0) is 31.4 Å². The molecule has 1 aromatic carbocycles. The number of benzene rings is 1. The Labute approximate surface area is 94.0 Å². The van der Waals surface area contributed by atoms with Gasteiger partial charge in [0.2, 0.25) is 0 Å². The average Bonchev–Trinajstić information content (AvgIpc) is 2.28. The highest BCUT2D eigenvalue weighted by atomic mass is 16.3. The van der Waals surface area contributed by atoms with Crippen LogP contribution in [0.25, 0.3) is 10.9 Å². The smallest absolute Gasteiger partial charge is 0.251 e. The molecule has 16 heavy (non-hydrogen) atoms. The van der Waals surface area contributed by atoms with Gasteiger partial charge in [-0.2, -0.15) is 0 Å². The molecule has 2 rings (SSSR count). The standard InChI is InChI=1S/C13H15NO2/c1-9(10(2)15)14-12-6-4-3-5-11(12)7-8-13(14)16/h3-10,15H,1-2H3. The van der Waals surface area contributed by atoms with E-state index in [9.17, 15) is 9.90 Å². The van der Waals surface area contributed by atoms with Crippen molar-refractivity contribution >= 4 is 10.9 Å². The van der Waals surface area contributed by atoms with Gasteiger partial charge in [-0.25, -0.2) is 0 Å². The van der Waals surface area contributed by atoms with Crippen molar-refractivity contribution in [1.29, 1.82) is 0 Å². The summed E-state index contributed by atoms with van der Waals surface area (Å²) in [6.07, 6.45) is -0.552. The van der Waals surface area contributed by atoms with Crippen LogP contribution < -0.4 is 5.56 Å². The lowest BCUT2D eigenvalue weighted by Gasteiger charge is -2.20. The third-order valence-electron chi connectivity index (χ3n) is 2.94. The van der Waals surface area contributed by atoms with Crippen LogP contribution in [0.5, 0.6) is 0 Å². The second kappa shape index (κ2) is 4.10. The Kier molecular flexibility index (Phi) is 2.79. The molecule has 1 heterocycles. The van der Waals surface area contributed by atoms with Gasteiger partial charge in [-0.1, -0.05) is 18.2 Å². The summed E-state index contributed by atoms with van der Waals surface area (Å²) in [7, 11) is 0. The molecule has 0 saturated carbocycles. The van der Waals surface area contributed by atoms with Crippen LogP contribution in [0.4, 0.5) is 0 Å². The summed E-state index contributed by atoms with van der Waals surface area (Å²) < 4.78 is 1.64. The number of nitrogens with zero attached hydrogens (tertiary/aromatic N) is 1. The molecule has 0 fully saturated rings. The van der Waals surface area contributed by atoms with E-state index in [1.54, 1.807) is 17.6 Å². The molecule has 0 radical (unpaired) electrons. The van der Waals surface area contributed by atoms with Crippen LogP contribution in [0.15, 0.2) is 41.2 Å². The summed E-state index contributed by atoms with van der Waals surface area (Å²) in [5.74, 6) is 0. The molecule has 0 spiro atoms. The Morgan fingerprint density at radius 3 is 2.50 bits per heavy atom. The van der Waals surface area contributed by atoms with Crippen LogP contribution in [-0.4, -0.2) is 15.8 Å². The first kappa shape index (κ1) is 10.9. The summed E-state index contributed by atoms with van der Waals surface area (Å²) in [4.78, 5) is 11.8. The fraction of sp³-hybridized carbons (Fsp3) is 0.308. The van der Waals surface area contributed by atoms with E-state index >= 15 is 0 Å². The average molecular weight is 217 g/mol. The highest BCUT2D eigenvalue weighted by Gasteiger charge is 2.14. The lowest BCUT2D eigenvalue weighted by molar-refractivity contribution is 0.139. The molecule has 0 aliphatic heterocycles.